The first-order valence-electron chi connectivity index (χ1n) is 5.45. The minimum Gasteiger partial charge on any atom is -0.469 e. The van der Waals surface area contributed by atoms with E-state index in [0.29, 0.717) is 23.1 Å². The zero-order valence-corrected chi connectivity index (χ0v) is 11.7. The van der Waals surface area contributed by atoms with E-state index in [1.165, 1.54) is 18.9 Å². The van der Waals surface area contributed by atoms with Crippen molar-refractivity contribution in [3.63, 3.8) is 0 Å². The monoisotopic (exact) mass is 285 g/mol. The van der Waals surface area contributed by atoms with Crippen molar-refractivity contribution in [1.29, 1.82) is 0 Å². The molecule has 0 aliphatic rings. The molecule has 0 radical (unpaired) electrons. The van der Waals surface area contributed by atoms with Gasteiger partial charge in [-0.25, -0.2) is 9.97 Å². The number of hydrogen-bond acceptors (Lipinski definition) is 6. The number of hydrogen-bond donors (Lipinski definition) is 1. The van der Waals surface area contributed by atoms with Gasteiger partial charge in [0.1, 0.15) is 10.1 Å². The summed E-state index contributed by atoms with van der Waals surface area (Å²) < 4.78 is 5.24. The fourth-order valence-electron chi connectivity index (χ4n) is 1.11. The van der Waals surface area contributed by atoms with Crippen LogP contribution < -0.4 is 5.32 Å². The first kappa shape index (κ1) is 14.8. The summed E-state index contributed by atoms with van der Waals surface area (Å²) in [4.78, 5) is 19.0. The fourth-order valence-corrected chi connectivity index (χ4v) is 2.08. The van der Waals surface area contributed by atoms with Crippen LogP contribution in [0.15, 0.2) is 18.5 Å². The molecule has 1 N–H and O–H groups in total. The number of carbonyl (C=O) groups is 1. The summed E-state index contributed by atoms with van der Waals surface area (Å²) >= 11 is 6.65. The molecule has 0 aromatic carbocycles. The lowest BCUT2D eigenvalue weighted by Crippen LogP contribution is -2.19. The Hall–Kier alpha value is -1.21. The highest BCUT2D eigenvalue weighted by Gasteiger charge is 2.02. The molecule has 1 aromatic rings. The van der Waals surface area contributed by atoms with Crippen LogP contribution in [0, 0.1) is 0 Å². The molecule has 0 atom stereocenters. The predicted molar refractivity (Wildman–Crippen MR) is 75.2 cm³/mol. The number of aromatic nitrogens is 2. The summed E-state index contributed by atoms with van der Waals surface area (Å²) in [6.07, 6.45) is 4.56. The Morgan fingerprint density at radius 3 is 2.89 bits per heavy atom. The van der Waals surface area contributed by atoms with E-state index in [2.05, 4.69) is 20.0 Å². The summed E-state index contributed by atoms with van der Waals surface area (Å²) in [5.41, 5.74) is 0. The average Bonchev–Trinajstić information content (AvgIpc) is 2.42. The lowest BCUT2D eigenvalue weighted by molar-refractivity contribution is -0.140. The molecule has 0 fully saturated rings. The van der Waals surface area contributed by atoms with E-state index >= 15 is 0 Å². The van der Waals surface area contributed by atoms with Crippen LogP contribution in [0.3, 0.4) is 0 Å². The maximum absolute atomic E-state index is 10.9. The molecule has 5 nitrogen and oxygen atoms in total. The van der Waals surface area contributed by atoms with Gasteiger partial charge in [-0.3, -0.25) is 4.79 Å². The molecule has 1 heterocycles. The smallest absolute Gasteiger partial charge is 0.305 e. The standard InChI is InChI=1S/C11H15N3O2S2/c1-16-10(15)4-2-7-18-11(17)14-8-9-12-5-3-6-13-9/h3,5-6H,2,4,7-8H2,1H3,(H,14,17). The SMILES string of the molecule is COC(=O)CCCSC(=S)NCc1ncccn1. The lowest BCUT2D eigenvalue weighted by Gasteiger charge is -2.06. The third-order valence-corrected chi connectivity index (χ3v) is 3.39. The van der Waals surface area contributed by atoms with Gasteiger partial charge in [-0.1, -0.05) is 24.0 Å². The van der Waals surface area contributed by atoms with Crippen molar-refractivity contribution in [2.45, 2.75) is 19.4 Å². The maximum Gasteiger partial charge on any atom is 0.305 e. The Morgan fingerprint density at radius 1 is 1.50 bits per heavy atom. The molecule has 1 aromatic heterocycles. The molecule has 0 bridgehead atoms. The fraction of sp³-hybridized carbons (Fsp3) is 0.455. The number of carbonyl (C=O) groups excluding carboxylic acids is 1. The van der Waals surface area contributed by atoms with E-state index in [1.807, 2.05) is 0 Å². The number of methoxy groups -OCH3 is 1. The van der Waals surface area contributed by atoms with Gasteiger partial charge in [-0.2, -0.15) is 0 Å². The van der Waals surface area contributed by atoms with Crippen molar-refractivity contribution < 1.29 is 9.53 Å². The zero-order chi connectivity index (χ0) is 13.2. The second kappa shape index (κ2) is 8.82. The van der Waals surface area contributed by atoms with E-state index < -0.39 is 0 Å². The van der Waals surface area contributed by atoms with Gasteiger partial charge < -0.3 is 10.1 Å². The van der Waals surface area contributed by atoms with E-state index in [1.54, 1.807) is 18.5 Å². The first-order chi connectivity index (χ1) is 8.72. The number of nitrogens with one attached hydrogen (secondary N) is 1. The van der Waals surface area contributed by atoms with Gasteiger partial charge in [0.05, 0.1) is 13.7 Å². The Balaban J connectivity index is 2.09. The normalized spacial score (nSPS) is 9.83. The van der Waals surface area contributed by atoms with Gasteiger partial charge >= 0.3 is 5.97 Å². The molecule has 0 amide bonds. The van der Waals surface area contributed by atoms with Crippen LogP contribution in [0.1, 0.15) is 18.7 Å². The first-order valence-corrected chi connectivity index (χ1v) is 6.85. The summed E-state index contributed by atoms with van der Waals surface area (Å²) in [6.45, 7) is 0.518. The van der Waals surface area contributed by atoms with Crippen LogP contribution in [-0.2, 0) is 16.1 Å². The molecule has 18 heavy (non-hydrogen) atoms. The van der Waals surface area contributed by atoms with Gasteiger partial charge in [-0.05, 0) is 12.5 Å². The van der Waals surface area contributed by atoms with Crippen LogP contribution in [0.4, 0.5) is 0 Å². The van der Waals surface area contributed by atoms with Gasteiger partial charge in [-0.15, -0.1) is 0 Å². The lowest BCUT2D eigenvalue weighted by atomic mass is 10.3. The predicted octanol–water partition coefficient (Wildman–Crippen LogP) is 1.54. The third-order valence-electron chi connectivity index (χ3n) is 2.00. The largest absolute Gasteiger partial charge is 0.469 e. The Morgan fingerprint density at radius 2 is 2.22 bits per heavy atom. The maximum atomic E-state index is 10.9. The van der Waals surface area contributed by atoms with Crippen LogP contribution in [0.2, 0.25) is 0 Å². The summed E-state index contributed by atoms with van der Waals surface area (Å²) in [6, 6.07) is 1.77. The molecule has 0 spiro atoms. The Kier molecular flexibility index (Phi) is 7.28. The topological polar surface area (TPSA) is 64.1 Å². The molecule has 0 unspecified atom stereocenters. The van der Waals surface area contributed by atoms with Crippen molar-refractivity contribution in [3.8, 4) is 0 Å². The minimum atomic E-state index is -0.188. The molecule has 1 rings (SSSR count). The highest BCUT2D eigenvalue weighted by molar-refractivity contribution is 8.22. The Bertz CT molecular complexity index is 387. The van der Waals surface area contributed by atoms with Gasteiger partial charge in [0.25, 0.3) is 0 Å². The molecule has 0 aliphatic heterocycles. The molecule has 0 saturated carbocycles. The van der Waals surface area contributed by atoms with E-state index in [0.717, 1.165) is 12.2 Å². The summed E-state index contributed by atoms with van der Waals surface area (Å²) in [5.74, 6) is 1.30. The number of esters is 1. The van der Waals surface area contributed by atoms with E-state index in [4.69, 9.17) is 12.2 Å². The second-order valence-electron chi connectivity index (χ2n) is 3.33. The minimum absolute atomic E-state index is 0.188. The molecule has 98 valence electrons. The van der Waals surface area contributed by atoms with Gasteiger partial charge in [0.2, 0.25) is 0 Å². The van der Waals surface area contributed by atoms with Crippen LogP contribution in [0.5, 0.6) is 0 Å². The summed E-state index contributed by atoms with van der Waals surface area (Å²) in [5, 5.41) is 3.05. The molecule has 0 saturated heterocycles. The number of ether oxygens (including phenoxy) is 1. The second-order valence-corrected chi connectivity index (χ2v) is 5.11. The van der Waals surface area contributed by atoms with Crippen LogP contribution >= 0.6 is 24.0 Å². The number of rotatable bonds is 6. The molecular formula is C11H15N3O2S2. The van der Waals surface area contributed by atoms with E-state index in [9.17, 15) is 4.79 Å². The Labute approximate surface area is 116 Å². The number of nitrogens with zero attached hydrogens (tertiary/aromatic N) is 2. The van der Waals surface area contributed by atoms with E-state index in [-0.39, 0.29) is 5.97 Å². The van der Waals surface area contributed by atoms with Crippen molar-refractivity contribution in [3.05, 3.63) is 24.3 Å². The third kappa shape index (κ3) is 6.51. The average molecular weight is 285 g/mol. The van der Waals surface area contributed by atoms with Crippen LogP contribution in [0.25, 0.3) is 0 Å². The van der Waals surface area contributed by atoms with Gasteiger partial charge in [0, 0.05) is 24.6 Å². The molecule has 0 aliphatic carbocycles. The molecular weight excluding hydrogens is 270 g/mol. The summed E-state index contributed by atoms with van der Waals surface area (Å²) in [7, 11) is 1.39. The zero-order valence-electron chi connectivity index (χ0n) is 10.1. The number of thioether (sulfide) groups is 1. The van der Waals surface area contributed by atoms with Crippen molar-refractivity contribution >= 4 is 34.3 Å². The van der Waals surface area contributed by atoms with Crippen molar-refractivity contribution in [1.82, 2.24) is 15.3 Å². The quantitative estimate of drug-likeness (QED) is 0.483. The van der Waals surface area contributed by atoms with Gasteiger partial charge in [0.15, 0.2) is 0 Å². The van der Waals surface area contributed by atoms with Crippen LogP contribution in [-0.4, -0.2) is 33.1 Å². The van der Waals surface area contributed by atoms with Crippen molar-refractivity contribution in [2.24, 2.45) is 0 Å². The van der Waals surface area contributed by atoms with Crippen molar-refractivity contribution in [2.75, 3.05) is 12.9 Å². The highest BCUT2D eigenvalue weighted by Crippen LogP contribution is 2.07. The molecule has 7 heteroatoms. The highest BCUT2D eigenvalue weighted by atomic mass is 32.2. The number of thiocarbonyl (C=S) groups is 1.